The van der Waals surface area contributed by atoms with Crippen LogP contribution in [0.15, 0.2) is 48.7 Å². The summed E-state index contributed by atoms with van der Waals surface area (Å²) in [6, 6.07) is 13.6. The lowest BCUT2D eigenvalue weighted by atomic mass is 10.2. The van der Waals surface area contributed by atoms with E-state index in [9.17, 15) is 9.90 Å². The number of rotatable bonds is 5. The van der Waals surface area contributed by atoms with Crippen molar-refractivity contribution >= 4 is 5.91 Å². The van der Waals surface area contributed by atoms with Crippen molar-refractivity contribution in [3.05, 3.63) is 59.8 Å². The van der Waals surface area contributed by atoms with E-state index in [1.807, 2.05) is 25.1 Å². The van der Waals surface area contributed by atoms with Gasteiger partial charge in [0.2, 0.25) is 5.88 Å². The Bertz CT molecular complexity index is 723. The number of nitrogens with zero attached hydrogens (tertiary/aromatic N) is 3. The monoisotopic (exact) mass is 355 g/mol. The van der Waals surface area contributed by atoms with Crippen LogP contribution in [-0.2, 0) is 6.54 Å². The van der Waals surface area contributed by atoms with Crippen molar-refractivity contribution in [2.24, 2.45) is 0 Å². The number of amides is 1. The summed E-state index contributed by atoms with van der Waals surface area (Å²) >= 11 is 0. The molecule has 26 heavy (non-hydrogen) atoms. The van der Waals surface area contributed by atoms with Crippen LogP contribution in [-0.4, -0.2) is 64.7 Å². The van der Waals surface area contributed by atoms with Gasteiger partial charge in [-0.15, -0.1) is 0 Å². The lowest BCUT2D eigenvalue weighted by Crippen LogP contribution is -2.38. The Hall–Kier alpha value is -2.44. The molecule has 1 aliphatic heterocycles. The number of aliphatic hydroxyl groups is 1. The molecule has 1 aromatic heterocycles. The first-order valence-electron chi connectivity index (χ1n) is 8.98. The SMILES string of the molecule is CCOc1ncccc1C(=O)N1CCN(Cc2ccccc2)C[C@@H](O)C1. The molecule has 1 amide bonds. The predicted octanol–water partition coefficient (Wildman–Crippen LogP) is 1.80. The van der Waals surface area contributed by atoms with Crippen molar-refractivity contribution in [1.82, 2.24) is 14.8 Å². The number of ether oxygens (including phenoxy) is 1. The summed E-state index contributed by atoms with van der Waals surface area (Å²) in [7, 11) is 0. The van der Waals surface area contributed by atoms with Crippen molar-refractivity contribution in [2.45, 2.75) is 19.6 Å². The molecule has 1 aliphatic rings. The number of carbonyl (C=O) groups is 1. The zero-order valence-corrected chi connectivity index (χ0v) is 15.0. The van der Waals surface area contributed by atoms with Gasteiger partial charge in [-0.25, -0.2) is 4.98 Å². The third-order valence-electron chi connectivity index (χ3n) is 4.41. The van der Waals surface area contributed by atoms with E-state index in [0.717, 1.165) is 6.54 Å². The van der Waals surface area contributed by atoms with E-state index < -0.39 is 6.10 Å². The standard InChI is InChI=1S/C20H25N3O3/c1-2-26-19-18(9-6-10-21-19)20(25)23-12-11-22(14-17(24)15-23)13-16-7-4-3-5-8-16/h3-10,17,24H,2,11-15H2,1H3/t17-/m1/s1. The first-order chi connectivity index (χ1) is 12.7. The minimum absolute atomic E-state index is 0.151. The summed E-state index contributed by atoms with van der Waals surface area (Å²) in [5.41, 5.74) is 1.64. The molecule has 138 valence electrons. The smallest absolute Gasteiger partial charge is 0.259 e. The second-order valence-corrected chi connectivity index (χ2v) is 6.41. The minimum atomic E-state index is -0.586. The summed E-state index contributed by atoms with van der Waals surface area (Å²) in [5.74, 6) is 0.196. The van der Waals surface area contributed by atoms with Crippen LogP contribution < -0.4 is 4.74 Å². The molecule has 1 fully saturated rings. The van der Waals surface area contributed by atoms with Crippen molar-refractivity contribution in [3.8, 4) is 5.88 Å². The van der Waals surface area contributed by atoms with Crippen molar-refractivity contribution in [3.63, 3.8) is 0 Å². The van der Waals surface area contributed by atoms with E-state index in [0.29, 0.717) is 44.2 Å². The van der Waals surface area contributed by atoms with E-state index in [1.54, 1.807) is 23.2 Å². The van der Waals surface area contributed by atoms with Crippen molar-refractivity contribution < 1.29 is 14.6 Å². The Morgan fingerprint density at radius 3 is 2.77 bits per heavy atom. The Balaban J connectivity index is 1.69. The maximum absolute atomic E-state index is 12.9. The molecule has 6 heteroatoms. The molecule has 1 N–H and O–H groups in total. The van der Waals surface area contributed by atoms with Crippen LogP contribution >= 0.6 is 0 Å². The maximum atomic E-state index is 12.9. The molecule has 0 saturated carbocycles. The second kappa shape index (κ2) is 8.78. The van der Waals surface area contributed by atoms with E-state index >= 15 is 0 Å². The zero-order chi connectivity index (χ0) is 18.4. The highest BCUT2D eigenvalue weighted by Crippen LogP contribution is 2.18. The van der Waals surface area contributed by atoms with Crippen molar-refractivity contribution in [2.75, 3.05) is 32.8 Å². The Morgan fingerprint density at radius 1 is 1.19 bits per heavy atom. The molecule has 1 saturated heterocycles. The fourth-order valence-electron chi connectivity index (χ4n) is 3.20. The first-order valence-corrected chi connectivity index (χ1v) is 8.98. The fraction of sp³-hybridized carbons (Fsp3) is 0.400. The molecule has 2 aromatic rings. The molecule has 0 unspecified atom stereocenters. The van der Waals surface area contributed by atoms with E-state index in [1.165, 1.54) is 5.56 Å². The molecule has 1 aromatic carbocycles. The molecule has 0 radical (unpaired) electrons. The number of hydrogen-bond donors (Lipinski definition) is 1. The molecular weight excluding hydrogens is 330 g/mol. The summed E-state index contributed by atoms with van der Waals surface area (Å²) in [5, 5.41) is 10.4. The summed E-state index contributed by atoms with van der Waals surface area (Å²) in [6.07, 6.45) is 1.03. The van der Waals surface area contributed by atoms with E-state index in [-0.39, 0.29) is 5.91 Å². The van der Waals surface area contributed by atoms with Gasteiger partial charge in [0.1, 0.15) is 5.56 Å². The third kappa shape index (κ3) is 4.59. The molecule has 0 spiro atoms. The van der Waals surface area contributed by atoms with Gasteiger partial charge in [-0.1, -0.05) is 30.3 Å². The number of hydrogen-bond acceptors (Lipinski definition) is 5. The molecule has 2 heterocycles. The average Bonchev–Trinajstić information content (AvgIpc) is 2.84. The summed E-state index contributed by atoms with van der Waals surface area (Å²) in [4.78, 5) is 21.0. The molecule has 0 bridgehead atoms. The van der Waals surface area contributed by atoms with Gasteiger partial charge in [0.15, 0.2) is 0 Å². The largest absolute Gasteiger partial charge is 0.477 e. The minimum Gasteiger partial charge on any atom is -0.477 e. The van der Waals surface area contributed by atoms with Crippen LogP contribution in [0.25, 0.3) is 0 Å². The van der Waals surface area contributed by atoms with Gasteiger partial charge in [-0.05, 0) is 24.6 Å². The van der Waals surface area contributed by atoms with Crippen LogP contribution in [0.1, 0.15) is 22.8 Å². The fourth-order valence-corrected chi connectivity index (χ4v) is 3.20. The number of β-amino-alcohol motifs (C(OH)–C–C–N with tert-alkyl or cyclic N) is 1. The van der Waals surface area contributed by atoms with Gasteiger partial charge < -0.3 is 14.7 Å². The molecule has 6 nitrogen and oxygen atoms in total. The first kappa shape index (κ1) is 18.4. The van der Waals surface area contributed by atoms with E-state index in [4.69, 9.17) is 4.74 Å². The Morgan fingerprint density at radius 2 is 2.00 bits per heavy atom. The quantitative estimate of drug-likeness (QED) is 0.886. The molecule has 1 atom stereocenters. The van der Waals surface area contributed by atoms with Crippen LogP contribution in [0.5, 0.6) is 5.88 Å². The Labute approximate surface area is 154 Å². The van der Waals surface area contributed by atoms with Crippen LogP contribution in [0, 0.1) is 0 Å². The topological polar surface area (TPSA) is 65.9 Å². The second-order valence-electron chi connectivity index (χ2n) is 6.41. The summed E-state index contributed by atoms with van der Waals surface area (Å²) in [6.45, 7) is 5.20. The van der Waals surface area contributed by atoms with E-state index in [2.05, 4.69) is 22.0 Å². The molecular formula is C20H25N3O3. The third-order valence-corrected chi connectivity index (χ3v) is 4.41. The van der Waals surface area contributed by atoms with Crippen LogP contribution in [0.4, 0.5) is 0 Å². The van der Waals surface area contributed by atoms with Crippen molar-refractivity contribution in [1.29, 1.82) is 0 Å². The highest BCUT2D eigenvalue weighted by molar-refractivity contribution is 5.96. The van der Waals surface area contributed by atoms with Gasteiger partial charge in [0, 0.05) is 38.9 Å². The highest BCUT2D eigenvalue weighted by atomic mass is 16.5. The van der Waals surface area contributed by atoms with Gasteiger partial charge in [0.25, 0.3) is 5.91 Å². The van der Waals surface area contributed by atoms with Gasteiger partial charge in [-0.2, -0.15) is 0 Å². The van der Waals surface area contributed by atoms with Gasteiger partial charge >= 0.3 is 0 Å². The lowest BCUT2D eigenvalue weighted by Gasteiger charge is -2.22. The number of benzene rings is 1. The predicted molar refractivity (Wildman–Crippen MR) is 99.0 cm³/mol. The maximum Gasteiger partial charge on any atom is 0.259 e. The number of pyridine rings is 1. The number of aromatic nitrogens is 1. The number of carbonyl (C=O) groups excluding carboxylic acids is 1. The number of aliphatic hydroxyl groups excluding tert-OH is 1. The molecule has 0 aliphatic carbocycles. The van der Waals surface area contributed by atoms with Crippen LogP contribution in [0.2, 0.25) is 0 Å². The Kier molecular flexibility index (Phi) is 6.20. The molecule has 3 rings (SSSR count). The van der Waals surface area contributed by atoms with Gasteiger partial charge in [0.05, 0.1) is 12.7 Å². The lowest BCUT2D eigenvalue weighted by molar-refractivity contribution is 0.0658. The van der Waals surface area contributed by atoms with Gasteiger partial charge in [-0.3, -0.25) is 9.69 Å². The average molecular weight is 355 g/mol. The highest BCUT2D eigenvalue weighted by Gasteiger charge is 2.27. The zero-order valence-electron chi connectivity index (χ0n) is 15.0. The normalized spacial score (nSPS) is 18.4. The summed E-state index contributed by atoms with van der Waals surface area (Å²) < 4.78 is 5.48. The van der Waals surface area contributed by atoms with Crippen LogP contribution in [0.3, 0.4) is 0 Å².